The van der Waals surface area contributed by atoms with Crippen molar-refractivity contribution in [3.05, 3.63) is 70.7 Å². The average molecular weight is 445 g/mol. The van der Waals surface area contributed by atoms with E-state index in [1.54, 1.807) is 6.07 Å². The molecule has 0 radical (unpaired) electrons. The summed E-state index contributed by atoms with van der Waals surface area (Å²) in [6.07, 6.45) is 0.234. The standard InChI is InChI=1S/C23H25FN2O4S/c1-14-9-20(26(12-16(3)24)31-22-8-5-17(4)30-22)21(10-15(14)2)29-13-19-7-6-18(11-25-19)23(27)28/h5-11,16H,12-13H2,1-4H3,(H,27,28). The lowest BCUT2D eigenvalue weighted by Crippen LogP contribution is -2.23. The van der Waals surface area contributed by atoms with E-state index in [-0.39, 0.29) is 18.7 Å². The largest absolute Gasteiger partial charge is 0.485 e. The molecule has 0 amide bonds. The minimum atomic E-state index is -1.07. The summed E-state index contributed by atoms with van der Waals surface area (Å²) in [6, 6.07) is 10.7. The number of halogens is 1. The van der Waals surface area contributed by atoms with Crippen LogP contribution >= 0.6 is 11.9 Å². The van der Waals surface area contributed by atoms with E-state index in [9.17, 15) is 9.18 Å². The first-order chi connectivity index (χ1) is 14.7. The molecule has 0 saturated heterocycles. The maximum atomic E-state index is 14.0. The number of benzene rings is 1. The molecule has 1 atom stereocenters. The van der Waals surface area contributed by atoms with Crippen LogP contribution in [0.25, 0.3) is 0 Å². The fourth-order valence-corrected chi connectivity index (χ4v) is 3.89. The van der Waals surface area contributed by atoms with Crippen LogP contribution in [0.1, 0.15) is 39.9 Å². The Morgan fingerprint density at radius 3 is 2.55 bits per heavy atom. The average Bonchev–Trinajstić information content (AvgIpc) is 3.12. The second-order valence-electron chi connectivity index (χ2n) is 7.33. The lowest BCUT2D eigenvalue weighted by Gasteiger charge is -2.26. The molecule has 0 spiro atoms. The summed E-state index contributed by atoms with van der Waals surface area (Å²) in [4.78, 5) is 15.2. The van der Waals surface area contributed by atoms with Gasteiger partial charge in [-0.3, -0.25) is 4.98 Å². The third-order valence-electron chi connectivity index (χ3n) is 4.62. The summed E-state index contributed by atoms with van der Waals surface area (Å²) in [6.45, 7) is 7.65. The summed E-state index contributed by atoms with van der Waals surface area (Å²) < 4.78 is 27.6. The van der Waals surface area contributed by atoms with Gasteiger partial charge in [0, 0.05) is 18.1 Å². The summed E-state index contributed by atoms with van der Waals surface area (Å²) in [7, 11) is 0. The van der Waals surface area contributed by atoms with Gasteiger partial charge < -0.3 is 18.6 Å². The quantitative estimate of drug-likeness (QED) is 0.421. The molecule has 0 aliphatic heterocycles. The SMILES string of the molecule is Cc1ccc(SN(CC(C)F)c2cc(C)c(C)cc2OCc2ccc(C(=O)O)cn2)o1. The highest BCUT2D eigenvalue weighted by molar-refractivity contribution is 8.00. The molecule has 3 aromatic rings. The number of carbonyl (C=O) groups is 1. The third kappa shape index (κ3) is 6.01. The Labute approximate surface area is 185 Å². The Hall–Kier alpha value is -3.00. The van der Waals surface area contributed by atoms with Gasteiger partial charge in [-0.25, -0.2) is 9.18 Å². The van der Waals surface area contributed by atoms with Crippen LogP contribution in [0.3, 0.4) is 0 Å². The highest BCUT2D eigenvalue weighted by Crippen LogP contribution is 2.39. The zero-order chi connectivity index (χ0) is 22.5. The van der Waals surface area contributed by atoms with Crippen LogP contribution < -0.4 is 9.04 Å². The Balaban J connectivity index is 1.88. The zero-order valence-electron chi connectivity index (χ0n) is 17.9. The topological polar surface area (TPSA) is 75.8 Å². The highest BCUT2D eigenvalue weighted by Gasteiger charge is 2.20. The molecule has 0 aliphatic carbocycles. The van der Waals surface area contributed by atoms with Gasteiger partial charge in [0.1, 0.15) is 24.3 Å². The second kappa shape index (κ2) is 9.87. The van der Waals surface area contributed by atoms with Crippen molar-refractivity contribution in [1.29, 1.82) is 0 Å². The molecule has 1 N–H and O–H groups in total. The van der Waals surface area contributed by atoms with Gasteiger partial charge in [0.2, 0.25) is 0 Å². The maximum Gasteiger partial charge on any atom is 0.337 e. The molecule has 0 fully saturated rings. The van der Waals surface area contributed by atoms with Crippen molar-refractivity contribution in [1.82, 2.24) is 4.98 Å². The number of hydrogen-bond acceptors (Lipinski definition) is 6. The third-order valence-corrected chi connectivity index (χ3v) is 5.59. The molecule has 8 heteroatoms. The second-order valence-corrected chi connectivity index (χ2v) is 8.36. The molecule has 164 valence electrons. The normalized spacial score (nSPS) is 11.9. The Kier molecular flexibility index (Phi) is 7.22. The van der Waals surface area contributed by atoms with Gasteiger partial charge in [-0.05, 0) is 75.2 Å². The fourth-order valence-electron chi connectivity index (χ4n) is 2.86. The molecule has 3 rings (SSSR count). The minimum Gasteiger partial charge on any atom is -0.485 e. The van der Waals surface area contributed by atoms with E-state index < -0.39 is 12.1 Å². The van der Waals surface area contributed by atoms with Gasteiger partial charge in [-0.15, -0.1) is 0 Å². The van der Waals surface area contributed by atoms with Crippen molar-refractivity contribution in [2.75, 3.05) is 10.8 Å². The van der Waals surface area contributed by atoms with Crippen LogP contribution in [0.4, 0.5) is 10.1 Å². The van der Waals surface area contributed by atoms with E-state index in [2.05, 4.69) is 4.98 Å². The molecule has 1 unspecified atom stereocenters. The molecule has 0 saturated carbocycles. The van der Waals surface area contributed by atoms with E-state index in [4.69, 9.17) is 14.3 Å². The number of nitrogens with zero attached hydrogens (tertiary/aromatic N) is 2. The summed E-state index contributed by atoms with van der Waals surface area (Å²) in [5.41, 5.74) is 3.53. The Morgan fingerprint density at radius 2 is 1.97 bits per heavy atom. The number of furan rings is 1. The lowest BCUT2D eigenvalue weighted by molar-refractivity contribution is 0.0696. The van der Waals surface area contributed by atoms with Crippen LogP contribution in [-0.4, -0.2) is 28.8 Å². The Bertz CT molecular complexity index is 1050. The van der Waals surface area contributed by atoms with Crippen LogP contribution in [0.15, 0.2) is 52.1 Å². The molecule has 6 nitrogen and oxygen atoms in total. The number of pyridine rings is 1. The predicted molar refractivity (Wildman–Crippen MR) is 119 cm³/mol. The fraction of sp³-hybridized carbons (Fsp3) is 0.304. The number of rotatable bonds is 9. The number of anilines is 1. The number of carboxylic acid groups (broad SMARTS) is 1. The van der Waals surface area contributed by atoms with Gasteiger partial charge in [0.15, 0.2) is 5.09 Å². The number of hydrogen-bond donors (Lipinski definition) is 1. The molecular formula is C23H25FN2O4S. The molecule has 0 aliphatic rings. The first-order valence-electron chi connectivity index (χ1n) is 9.81. The van der Waals surface area contributed by atoms with Gasteiger partial charge in [-0.2, -0.15) is 0 Å². The van der Waals surface area contributed by atoms with Gasteiger partial charge in [0.05, 0.1) is 23.5 Å². The van der Waals surface area contributed by atoms with E-state index in [0.717, 1.165) is 22.6 Å². The van der Waals surface area contributed by atoms with Crippen LogP contribution in [0.5, 0.6) is 5.75 Å². The van der Waals surface area contributed by atoms with E-state index in [1.165, 1.54) is 31.1 Å². The molecule has 1 aromatic carbocycles. The number of carboxylic acids is 1. The summed E-state index contributed by atoms with van der Waals surface area (Å²) in [5, 5.41) is 9.68. The van der Waals surface area contributed by atoms with Gasteiger partial charge in [-0.1, -0.05) is 0 Å². The number of aryl methyl sites for hydroxylation is 3. The number of aromatic carboxylic acids is 1. The predicted octanol–water partition coefficient (Wildman–Crippen LogP) is 5.75. The van der Waals surface area contributed by atoms with Crippen LogP contribution in [0.2, 0.25) is 0 Å². The van der Waals surface area contributed by atoms with E-state index >= 15 is 0 Å². The first-order valence-corrected chi connectivity index (χ1v) is 10.6. The van der Waals surface area contributed by atoms with Crippen molar-refractivity contribution in [2.24, 2.45) is 0 Å². The van der Waals surface area contributed by atoms with Crippen molar-refractivity contribution < 1.29 is 23.4 Å². The maximum absolute atomic E-state index is 14.0. The molecular weight excluding hydrogens is 419 g/mol. The van der Waals surface area contributed by atoms with Crippen LogP contribution in [0, 0.1) is 20.8 Å². The van der Waals surface area contributed by atoms with Crippen LogP contribution in [-0.2, 0) is 6.61 Å². The molecule has 31 heavy (non-hydrogen) atoms. The van der Waals surface area contributed by atoms with E-state index in [0.29, 0.717) is 16.5 Å². The van der Waals surface area contributed by atoms with Crippen molar-refractivity contribution in [3.63, 3.8) is 0 Å². The molecule has 2 aromatic heterocycles. The smallest absolute Gasteiger partial charge is 0.337 e. The van der Waals surface area contributed by atoms with Gasteiger partial charge >= 0.3 is 5.97 Å². The monoisotopic (exact) mass is 444 g/mol. The first kappa shape index (κ1) is 22.7. The Morgan fingerprint density at radius 1 is 1.23 bits per heavy atom. The molecule has 2 heterocycles. The van der Waals surface area contributed by atoms with E-state index in [1.807, 2.05) is 49.3 Å². The summed E-state index contributed by atoms with van der Waals surface area (Å²) >= 11 is 1.31. The molecule has 0 bridgehead atoms. The number of alkyl halides is 1. The van der Waals surface area contributed by atoms with Gasteiger partial charge in [0.25, 0.3) is 0 Å². The minimum absolute atomic E-state index is 0.115. The summed E-state index contributed by atoms with van der Waals surface area (Å²) in [5.74, 6) is 0.337. The number of ether oxygens (including phenoxy) is 1. The van der Waals surface area contributed by atoms with Crippen molar-refractivity contribution in [2.45, 2.75) is 45.6 Å². The van der Waals surface area contributed by atoms with Crippen molar-refractivity contribution >= 4 is 23.6 Å². The lowest BCUT2D eigenvalue weighted by atomic mass is 10.1. The number of aromatic nitrogens is 1. The van der Waals surface area contributed by atoms with Crippen molar-refractivity contribution in [3.8, 4) is 5.75 Å². The highest BCUT2D eigenvalue weighted by atomic mass is 32.2. The zero-order valence-corrected chi connectivity index (χ0v) is 18.7.